The van der Waals surface area contributed by atoms with Crippen molar-refractivity contribution < 1.29 is 8.78 Å². The summed E-state index contributed by atoms with van der Waals surface area (Å²) in [6.07, 6.45) is 5.04. The van der Waals surface area contributed by atoms with Gasteiger partial charge in [-0.05, 0) is 19.1 Å². The van der Waals surface area contributed by atoms with Gasteiger partial charge in [-0.25, -0.2) is 8.78 Å². The van der Waals surface area contributed by atoms with Gasteiger partial charge in [0.05, 0.1) is 0 Å². The van der Waals surface area contributed by atoms with Crippen LogP contribution >= 0.6 is 22.5 Å². The summed E-state index contributed by atoms with van der Waals surface area (Å²) < 4.78 is 26.7. The van der Waals surface area contributed by atoms with Crippen LogP contribution in [0.2, 0.25) is 0 Å². The first-order valence-corrected chi connectivity index (χ1v) is 5.79. The zero-order valence-corrected chi connectivity index (χ0v) is 9.13. The first kappa shape index (κ1) is 11.4. The number of hydrogen-bond donors (Lipinski definition) is 1. The van der Waals surface area contributed by atoms with E-state index in [-0.39, 0.29) is 16.4 Å². The largest absolute Gasteiger partial charge is 0.206 e. The predicted octanol–water partition coefficient (Wildman–Crippen LogP) is 3.59. The molecule has 0 aliphatic rings. The van der Waals surface area contributed by atoms with Crippen LogP contribution in [-0.4, -0.2) is 0 Å². The molecule has 0 aliphatic carbocycles. The third-order valence-electron chi connectivity index (χ3n) is 1.81. The maximum atomic E-state index is 13.4. The van der Waals surface area contributed by atoms with Crippen LogP contribution in [0.4, 0.5) is 8.78 Å². The van der Waals surface area contributed by atoms with Crippen LogP contribution in [0.15, 0.2) is 12.1 Å². The third kappa shape index (κ3) is 2.23. The number of hydrogen-bond acceptors (Lipinski definition) is 2. The van der Waals surface area contributed by atoms with E-state index < -0.39 is 11.6 Å². The van der Waals surface area contributed by atoms with Crippen LogP contribution in [0.1, 0.15) is 23.3 Å². The van der Waals surface area contributed by atoms with Crippen LogP contribution in [0.5, 0.6) is 0 Å². The van der Waals surface area contributed by atoms with Gasteiger partial charge in [-0.15, -0.1) is 18.1 Å². The molecular weight excluding hydrogens is 222 g/mol. The molecule has 4 heteroatoms. The van der Waals surface area contributed by atoms with Crippen molar-refractivity contribution in [3.63, 3.8) is 0 Å². The fraction of sp³-hybridized carbons (Fsp3) is 0.200. The second kappa shape index (κ2) is 4.72. The van der Waals surface area contributed by atoms with Crippen molar-refractivity contribution in [3.8, 4) is 12.3 Å². The van der Waals surface area contributed by atoms with E-state index in [9.17, 15) is 8.78 Å². The first-order chi connectivity index (χ1) is 6.60. The highest BCUT2D eigenvalue weighted by molar-refractivity contribution is 8.68. The van der Waals surface area contributed by atoms with Gasteiger partial charge < -0.3 is 0 Å². The SMILES string of the molecule is C#Cc1cc(F)c(C(C)SS)c(F)c1. The molecule has 0 heterocycles. The lowest BCUT2D eigenvalue weighted by Gasteiger charge is -2.10. The van der Waals surface area contributed by atoms with Gasteiger partial charge in [0.15, 0.2) is 0 Å². The van der Waals surface area contributed by atoms with Crippen LogP contribution in [0.25, 0.3) is 0 Å². The van der Waals surface area contributed by atoms with Crippen molar-refractivity contribution in [2.45, 2.75) is 12.2 Å². The monoisotopic (exact) mass is 230 g/mol. The summed E-state index contributed by atoms with van der Waals surface area (Å²) in [4.78, 5) is 0. The minimum absolute atomic E-state index is 0.0176. The van der Waals surface area contributed by atoms with Crippen LogP contribution in [-0.2, 0) is 0 Å². The molecular formula is C10H8F2S2. The predicted molar refractivity (Wildman–Crippen MR) is 59.3 cm³/mol. The van der Waals surface area contributed by atoms with Crippen LogP contribution in [0.3, 0.4) is 0 Å². The summed E-state index contributed by atoms with van der Waals surface area (Å²) in [5.41, 5.74) is 0.226. The average Bonchev–Trinajstić information content (AvgIpc) is 2.16. The van der Waals surface area contributed by atoms with Gasteiger partial charge in [-0.2, -0.15) is 0 Å². The van der Waals surface area contributed by atoms with Crippen molar-refractivity contribution in [3.05, 3.63) is 34.9 Å². The molecule has 0 saturated heterocycles. The number of thiol groups is 1. The van der Waals surface area contributed by atoms with E-state index in [1.54, 1.807) is 6.92 Å². The third-order valence-corrected chi connectivity index (χ3v) is 3.31. The number of benzene rings is 1. The summed E-state index contributed by atoms with van der Waals surface area (Å²) in [5, 5.41) is -0.342. The van der Waals surface area contributed by atoms with Gasteiger partial charge >= 0.3 is 0 Å². The molecule has 0 radical (unpaired) electrons. The fourth-order valence-corrected chi connectivity index (χ4v) is 1.76. The Labute approximate surface area is 90.9 Å². The Morgan fingerprint density at radius 1 is 1.43 bits per heavy atom. The molecule has 1 rings (SSSR count). The second-order valence-corrected chi connectivity index (χ2v) is 4.30. The van der Waals surface area contributed by atoms with Gasteiger partial charge in [0.1, 0.15) is 11.6 Å². The standard InChI is InChI=1S/C10H8F2S2/c1-3-7-4-8(11)10(6(2)14-13)9(12)5-7/h1,4-6,13H,2H3. The summed E-state index contributed by atoms with van der Waals surface area (Å²) in [7, 11) is 1.08. The topological polar surface area (TPSA) is 0 Å². The van der Waals surface area contributed by atoms with E-state index in [0.717, 1.165) is 22.9 Å². The Morgan fingerprint density at radius 2 is 1.93 bits per heavy atom. The fourth-order valence-electron chi connectivity index (χ4n) is 1.11. The van der Waals surface area contributed by atoms with Gasteiger partial charge in [0, 0.05) is 16.4 Å². The molecule has 0 fully saturated rings. The van der Waals surface area contributed by atoms with Crippen molar-refractivity contribution in [2.75, 3.05) is 0 Å². The zero-order chi connectivity index (χ0) is 10.7. The average molecular weight is 230 g/mol. The molecule has 0 amide bonds. The molecule has 0 nitrogen and oxygen atoms in total. The number of rotatable bonds is 2. The maximum absolute atomic E-state index is 13.4. The summed E-state index contributed by atoms with van der Waals surface area (Å²) in [6.45, 7) is 1.68. The van der Waals surface area contributed by atoms with E-state index in [1.807, 2.05) is 0 Å². The molecule has 0 aromatic heterocycles. The Morgan fingerprint density at radius 3 is 2.29 bits per heavy atom. The molecule has 1 aromatic carbocycles. The van der Waals surface area contributed by atoms with Crippen molar-refractivity contribution in [2.24, 2.45) is 0 Å². The Hall–Kier alpha value is -0.660. The Bertz CT molecular complexity index is 359. The van der Waals surface area contributed by atoms with Crippen molar-refractivity contribution in [1.82, 2.24) is 0 Å². The number of terminal acetylenes is 1. The molecule has 1 aromatic rings. The Kier molecular flexibility index (Phi) is 3.85. The van der Waals surface area contributed by atoms with E-state index in [1.165, 1.54) is 0 Å². The second-order valence-electron chi connectivity index (χ2n) is 2.75. The number of halogens is 2. The van der Waals surface area contributed by atoms with Gasteiger partial charge in [0.2, 0.25) is 0 Å². The lowest BCUT2D eigenvalue weighted by molar-refractivity contribution is 0.557. The molecule has 14 heavy (non-hydrogen) atoms. The minimum atomic E-state index is -0.619. The molecule has 0 bridgehead atoms. The lowest BCUT2D eigenvalue weighted by Crippen LogP contribution is -1.98. The molecule has 1 atom stereocenters. The van der Waals surface area contributed by atoms with Gasteiger partial charge in [-0.3, -0.25) is 0 Å². The van der Waals surface area contributed by atoms with Gasteiger partial charge in [-0.1, -0.05) is 16.7 Å². The quantitative estimate of drug-likeness (QED) is 0.460. The van der Waals surface area contributed by atoms with E-state index in [4.69, 9.17) is 6.42 Å². The first-order valence-electron chi connectivity index (χ1n) is 3.86. The highest BCUT2D eigenvalue weighted by Gasteiger charge is 2.16. The molecule has 0 aliphatic heterocycles. The summed E-state index contributed by atoms with van der Waals surface area (Å²) >= 11 is 3.91. The molecule has 0 N–H and O–H groups in total. The molecule has 0 spiro atoms. The zero-order valence-electron chi connectivity index (χ0n) is 7.42. The molecule has 0 saturated carbocycles. The van der Waals surface area contributed by atoms with Crippen LogP contribution in [0, 0.1) is 24.0 Å². The summed E-state index contributed by atoms with van der Waals surface area (Å²) in [5.74, 6) is 0.950. The van der Waals surface area contributed by atoms with E-state index >= 15 is 0 Å². The van der Waals surface area contributed by atoms with Crippen LogP contribution < -0.4 is 0 Å². The molecule has 1 unspecified atom stereocenters. The lowest BCUT2D eigenvalue weighted by atomic mass is 10.1. The van der Waals surface area contributed by atoms with E-state index in [0.29, 0.717) is 0 Å². The van der Waals surface area contributed by atoms with Crippen molar-refractivity contribution >= 4 is 22.5 Å². The molecule has 74 valence electrons. The highest BCUT2D eigenvalue weighted by atomic mass is 33.1. The smallest absolute Gasteiger partial charge is 0.131 e. The van der Waals surface area contributed by atoms with Crippen molar-refractivity contribution in [1.29, 1.82) is 0 Å². The summed E-state index contributed by atoms with van der Waals surface area (Å²) in [6, 6.07) is 2.30. The Balaban J connectivity index is 3.26. The van der Waals surface area contributed by atoms with Gasteiger partial charge in [0.25, 0.3) is 0 Å². The van der Waals surface area contributed by atoms with E-state index in [2.05, 4.69) is 17.6 Å². The maximum Gasteiger partial charge on any atom is 0.131 e. The normalized spacial score (nSPS) is 12.2. The highest BCUT2D eigenvalue weighted by Crippen LogP contribution is 2.34. The minimum Gasteiger partial charge on any atom is -0.206 e.